The topological polar surface area (TPSA) is 66.6 Å². The first kappa shape index (κ1) is 20.1. The SMILES string of the molecule is CCC(CC(O)C(C)N(Cc1ccccc1)Cc1ccccc1)C(N)=O. The lowest BCUT2D eigenvalue weighted by molar-refractivity contribution is -0.123. The highest BCUT2D eigenvalue weighted by Crippen LogP contribution is 2.20. The average Bonchev–Trinajstić information content (AvgIpc) is 2.66. The van der Waals surface area contributed by atoms with E-state index >= 15 is 0 Å². The van der Waals surface area contributed by atoms with E-state index in [0.717, 1.165) is 13.1 Å². The lowest BCUT2D eigenvalue weighted by Gasteiger charge is -2.33. The molecular formula is C22H30N2O2. The molecule has 2 aromatic carbocycles. The van der Waals surface area contributed by atoms with Gasteiger partial charge in [-0.05, 0) is 30.9 Å². The Bertz CT molecular complexity index is 619. The van der Waals surface area contributed by atoms with Crippen LogP contribution in [-0.2, 0) is 17.9 Å². The van der Waals surface area contributed by atoms with E-state index in [2.05, 4.69) is 29.2 Å². The molecule has 4 heteroatoms. The molecule has 4 nitrogen and oxygen atoms in total. The summed E-state index contributed by atoms with van der Waals surface area (Å²) in [6, 6.07) is 20.4. The molecule has 0 aromatic heterocycles. The Hall–Kier alpha value is -2.17. The third-order valence-corrected chi connectivity index (χ3v) is 5.01. The van der Waals surface area contributed by atoms with Crippen LogP contribution in [0.5, 0.6) is 0 Å². The number of amides is 1. The monoisotopic (exact) mass is 354 g/mol. The van der Waals surface area contributed by atoms with Crippen molar-refractivity contribution in [2.45, 2.75) is 51.9 Å². The summed E-state index contributed by atoms with van der Waals surface area (Å²) in [7, 11) is 0. The molecule has 1 amide bonds. The first-order chi connectivity index (χ1) is 12.5. The van der Waals surface area contributed by atoms with E-state index in [0.29, 0.717) is 12.8 Å². The molecule has 140 valence electrons. The van der Waals surface area contributed by atoms with E-state index in [-0.39, 0.29) is 17.9 Å². The molecule has 0 bridgehead atoms. The smallest absolute Gasteiger partial charge is 0.220 e. The molecule has 0 fully saturated rings. The molecule has 0 saturated carbocycles. The molecule has 3 unspecified atom stereocenters. The number of aliphatic hydroxyl groups is 1. The van der Waals surface area contributed by atoms with Crippen LogP contribution in [0.25, 0.3) is 0 Å². The number of nitrogens with zero attached hydrogens (tertiary/aromatic N) is 1. The standard InChI is InChI=1S/C22H30N2O2/c1-3-20(22(23)26)14-21(25)17(2)24(15-18-10-6-4-7-11-18)16-19-12-8-5-9-13-19/h4-13,17,20-21,25H,3,14-16H2,1-2H3,(H2,23,26). The van der Waals surface area contributed by atoms with Crippen molar-refractivity contribution in [1.29, 1.82) is 0 Å². The maximum atomic E-state index is 11.5. The highest BCUT2D eigenvalue weighted by molar-refractivity contribution is 5.76. The van der Waals surface area contributed by atoms with E-state index in [9.17, 15) is 9.90 Å². The van der Waals surface area contributed by atoms with Gasteiger partial charge < -0.3 is 10.8 Å². The summed E-state index contributed by atoms with van der Waals surface area (Å²) < 4.78 is 0. The normalized spacial score (nSPS) is 14.8. The van der Waals surface area contributed by atoms with Crippen molar-refractivity contribution in [2.75, 3.05) is 0 Å². The van der Waals surface area contributed by atoms with E-state index < -0.39 is 6.10 Å². The van der Waals surface area contributed by atoms with Crippen LogP contribution >= 0.6 is 0 Å². The number of primary amides is 1. The first-order valence-corrected chi connectivity index (χ1v) is 9.30. The zero-order valence-corrected chi connectivity index (χ0v) is 15.7. The van der Waals surface area contributed by atoms with Gasteiger partial charge in [0.2, 0.25) is 5.91 Å². The van der Waals surface area contributed by atoms with Crippen molar-refractivity contribution in [3.05, 3.63) is 71.8 Å². The highest BCUT2D eigenvalue weighted by Gasteiger charge is 2.26. The van der Waals surface area contributed by atoms with Crippen molar-refractivity contribution in [3.63, 3.8) is 0 Å². The number of benzene rings is 2. The molecule has 3 N–H and O–H groups in total. The van der Waals surface area contributed by atoms with Crippen molar-refractivity contribution in [1.82, 2.24) is 4.90 Å². The van der Waals surface area contributed by atoms with Crippen LogP contribution in [0.2, 0.25) is 0 Å². The summed E-state index contributed by atoms with van der Waals surface area (Å²) in [5.41, 5.74) is 7.85. The van der Waals surface area contributed by atoms with Gasteiger partial charge in [-0.1, -0.05) is 67.6 Å². The van der Waals surface area contributed by atoms with E-state index in [1.807, 2.05) is 50.2 Å². The van der Waals surface area contributed by atoms with Crippen LogP contribution < -0.4 is 5.73 Å². The van der Waals surface area contributed by atoms with Crippen LogP contribution in [-0.4, -0.2) is 28.1 Å². The van der Waals surface area contributed by atoms with E-state index in [1.165, 1.54) is 11.1 Å². The molecule has 0 aliphatic heterocycles. The predicted octanol–water partition coefficient (Wildman–Crippen LogP) is 3.34. The average molecular weight is 354 g/mol. The second-order valence-corrected chi connectivity index (χ2v) is 6.93. The number of carbonyl (C=O) groups is 1. The number of nitrogens with two attached hydrogens (primary N) is 1. The zero-order chi connectivity index (χ0) is 18.9. The molecule has 0 radical (unpaired) electrons. The fourth-order valence-electron chi connectivity index (χ4n) is 3.20. The molecule has 3 atom stereocenters. The Morgan fingerprint density at radius 2 is 1.46 bits per heavy atom. The number of carbonyl (C=O) groups excluding carboxylic acids is 1. The van der Waals surface area contributed by atoms with Gasteiger partial charge in [-0.3, -0.25) is 9.69 Å². The Morgan fingerprint density at radius 3 is 1.85 bits per heavy atom. The predicted molar refractivity (Wildman–Crippen MR) is 105 cm³/mol. The summed E-state index contributed by atoms with van der Waals surface area (Å²) in [5.74, 6) is -0.626. The Balaban J connectivity index is 2.14. The molecule has 0 aliphatic rings. The van der Waals surface area contributed by atoms with Gasteiger partial charge in [0.1, 0.15) is 0 Å². The largest absolute Gasteiger partial charge is 0.391 e. The van der Waals surface area contributed by atoms with Gasteiger partial charge in [0, 0.05) is 25.0 Å². The van der Waals surface area contributed by atoms with Crippen LogP contribution in [0.1, 0.15) is 37.8 Å². The first-order valence-electron chi connectivity index (χ1n) is 9.30. The van der Waals surface area contributed by atoms with Gasteiger partial charge in [0.15, 0.2) is 0 Å². The fourth-order valence-corrected chi connectivity index (χ4v) is 3.20. The lowest BCUT2D eigenvalue weighted by atomic mass is 9.94. The maximum absolute atomic E-state index is 11.5. The molecule has 2 aromatic rings. The Labute approximate surface area is 156 Å². The molecular weight excluding hydrogens is 324 g/mol. The van der Waals surface area contributed by atoms with Gasteiger partial charge in [0.05, 0.1) is 6.10 Å². The van der Waals surface area contributed by atoms with Gasteiger partial charge in [-0.15, -0.1) is 0 Å². The molecule has 0 aliphatic carbocycles. The molecule has 0 heterocycles. The minimum absolute atomic E-state index is 0.0937. The zero-order valence-electron chi connectivity index (χ0n) is 15.7. The summed E-state index contributed by atoms with van der Waals surface area (Å²) in [5, 5.41) is 10.7. The second-order valence-electron chi connectivity index (χ2n) is 6.93. The number of aliphatic hydroxyl groups excluding tert-OH is 1. The molecule has 0 saturated heterocycles. The number of hydrogen-bond acceptors (Lipinski definition) is 3. The van der Waals surface area contributed by atoms with Gasteiger partial charge in [-0.25, -0.2) is 0 Å². The van der Waals surface area contributed by atoms with Gasteiger partial charge in [0.25, 0.3) is 0 Å². The Kier molecular flexibility index (Phi) is 7.82. The summed E-state index contributed by atoms with van der Waals surface area (Å²) in [6.45, 7) is 5.42. The lowest BCUT2D eigenvalue weighted by Crippen LogP contribution is -2.42. The van der Waals surface area contributed by atoms with Crippen LogP contribution in [0.15, 0.2) is 60.7 Å². The molecule has 2 rings (SSSR count). The second kappa shape index (κ2) is 10.1. The molecule has 0 spiro atoms. The quantitative estimate of drug-likeness (QED) is 0.688. The van der Waals surface area contributed by atoms with Crippen LogP contribution in [0.4, 0.5) is 0 Å². The minimum atomic E-state index is -0.611. The third kappa shape index (κ3) is 5.97. The maximum Gasteiger partial charge on any atom is 0.220 e. The summed E-state index contributed by atoms with van der Waals surface area (Å²) in [4.78, 5) is 13.8. The third-order valence-electron chi connectivity index (χ3n) is 5.01. The Morgan fingerprint density at radius 1 is 1.00 bits per heavy atom. The van der Waals surface area contributed by atoms with Gasteiger partial charge >= 0.3 is 0 Å². The van der Waals surface area contributed by atoms with Crippen LogP contribution in [0, 0.1) is 5.92 Å². The summed E-state index contributed by atoms with van der Waals surface area (Å²) in [6.07, 6.45) is 0.434. The van der Waals surface area contributed by atoms with Crippen molar-refractivity contribution >= 4 is 5.91 Å². The molecule has 26 heavy (non-hydrogen) atoms. The van der Waals surface area contributed by atoms with Gasteiger partial charge in [-0.2, -0.15) is 0 Å². The van der Waals surface area contributed by atoms with Crippen molar-refractivity contribution < 1.29 is 9.90 Å². The number of hydrogen-bond donors (Lipinski definition) is 2. The fraction of sp³-hybridized carbons (Fsp3) is 0.409. The summed E-state index contributed by atoms with van der Waals surface area (Å²) >= 11 is 0. The van der Waals surface area contributed by atoms with Crippen molar-refractivity contribution in [3.8, 4) is 0 Å². The van der Waals surface area contributed by atoms with Crippen molar-refractivity contribution in [2.24, 2.45) is 11.7 Å². The minimum Gasteiger partial charge on any atom is -0.391 e. The van der Waals surface area contributed by atoms with E-state index in [1.54, 1.807) is 0 Å². The van der Waals surface area contributed by atoms with E-state index in [4.69, 9.17) is 5.73 Å². The van der Waals surface area contributed by atoms with Crippen LogP contribution in [0.3, 0.4) is 0 Å². The number of rotatable bonds is 10. The highest BCUT2D eigenvalue weighted by atomic mass is 16.3.